The maximum Gasteiger partial charge on any atom is 0.242 e. The monoisotopic (exact) mass is 312 g/mol. The maximum atomic E-state index is 12.4. The molecule has 6 heteroatoms. The summed E-state index contributed by atoms with van der Waals surface area (Å²) in [5.74, 6) is 0. The second-order valence-corrected chi connectivity index (χ2v) is 7.56. The summed E-state index contributed by atoms with van der Waals surface area (Å²) in [6.45, 7) is 3.58. The highest BCUT2D eigenvalue weighted by Gasteiger charge is 2.25. The molecule has 3 N–H and O–H groups in total. The average Bonchev–Trinajstić information content (AvgIpc) is 2.40. The number of hydrogen-bond acceptors (Lipinski definition) is 4. The van der Waals surface area contributed by atoms with Gasteiger partial charge in [-0.25, -0.2) is 13.1 Å². The normalized spacial score (nSPS) is 23.2. The standard InChI is InChI=1S/C15H24N2O3S/c1-11(2)17-21(19,20)15-10-6-4-8-13(15)16-12-7-3-5-9-14(12)18/h4,6,8,10-12,14,16-18H,3,5,7,9H2,1-2H3. The molecular formula is C15H24N2O3S. The largest absolute Gasteiger partial charge is 0.391 e. The summed E-state index contributed by atoms with van der Waals surface area (Å²) in [4.78, 5) is 0.233. The molecule has 0 spiro atoms. The van der Waals surface area contributed by atoms with Crippen LogP contribution < -0.4 is 10.0 Å². The second kappa shape index (κ2) is 6.77. The van der Waals surface area contributed by atoms with Gasteiger partial charge in [-0.1, -0.05) is 25.0 Å². The van der Waals surface area contributed by atoms with E-state index in [1.54, 1.807) is 38.1 Å². The topological polar surface area (TPSA) is 78.4 Å². The van der Waals surface area contributed by atoms with Crippen LogP contribution in [0.1, 0.15) is 39.5 Å². The first-order valence-corrected chi connectivity index (χ1v) is 8.94. The fourth-order valence-corrected chi connectivity index (χ4v) is 4.10. The van der Waals surface area contributed by atoms with E-state index in [1.807, 2.05) is 0 Å². The van der Waals surface area contributed by atoms with E-state index in [-0.39, 0.29) is 17.0 Å². The number of sulfonamides is 1. The van der Waals surface area contributed by atoms with Crippen LogP contribution in [-0.4, -0.2) is 31.7 Å². The third kappa shape index (κ3) is 4.18. The van der Waals surface area contributed by atoms with Crippen molar-refractivity contribution in [2.24, 2.45) is 0 Å². The van der Waals surface area contributed by atoms with Crippen molar-refractivity contribution >= 4 is 15.7 Å². The van der Waals surface area contributed by atoms with E-state index in [1.165, 1.54) is 0 Å². The number of nitrogens with one attached hydrogen (secondary N) is 2. The first-order chi connectivity index (χ1) is 9.90. The molecule has 21 heavy (non-hydrogen) atoms. The Morgan fingerprint density at radius 1 is 1.19 bits per heavy atom. The zero-order valence-electron chi connectivity index (χ0n) is 12.5. The van der Waals surface area contributed by atoms with Gasteiger partial charge in [0.1, 0.15) is 4.90 Å². The van der Waals surface area contributed by atoms with E-state index in [0.717, 1.165) is 25.7 Å². The Morgan fingerprint density at radius 2 is 1.86 bits per heavy atom. The van der Waals surface area contributed by atoms with E-state index in [2.05, 4.69) is 10.0 Å². The van der Waals surface area contributed by atoms with Gasteiger partial charge in [0, 0.05) is 6.04 Å². The molecule has 0 heterocycles. The fraction of sp³-hybridized carbons (Fsp3) is 0.600. The van der Waals surface area contributed by atoms with Gasteiger partial charge in [-0.3, -0.25) is 0 Å². The predicted octanol–water partition coefficient (Wildman–Crippen LogP) is 2.09. The summed E-state index contributed by atoms with van der Waals surface area (Å²) < 4.78 is 27.3. The van der Waals surface area contributed by atoms with Crippen molar-refractivity contribution < 1.29 is 13.5 Å². The van der Waals surface area contributed by atoms with Gasteiger partial charge in [-0.05, 0) is 38.8 Å². The van der Waals surface area contributed by atoms with E-state index < -0.39 is 16.1 Å². The van der Waals surface area contributed by atoms with Crippen LogP contribution in [0.2, 0.25) is 0 Å². The smallest absolute Gasteiger partial charge is 0.242 e. The number of anilines is 1. The lowest BCUT2D eigenvalue weighted by Crippen LogP contribution is -2.37. The quantitative estimate of drug-likeness (QED) is 0.778. The molecule has 0 aromatic heterocycles. The fourth-order valence-electron chi connectivity index (χ4n) is 2.67. The van der Waals surface area contributed by atoms with Crippen LogP contribution in [0.15, 0.2) is 29.2 Å². The van der Waals surface area contributed by atoms with Crippen LogP contribution >= 0.6 is 0 Å². The highest BCUT2D eigenvalue weighted by atomic mass is 32.2. The van der Waals surface area contributed by atoms with Crippen molar-refractivity contribution in [3.05, 3.63) is 24.3 Å². The molecule has 2 atom stereocenters. The highest BCUT2D eigenvalue weighted by molar-refractivity contribution is 7.89. The lowest BCUT2D eigenvalue weighted by molar-refractivity contribution is 0.116. The molecule has 0 saturated heterocycles. The summed E-state index contributed by atoms with van der Waals surface area (Å²) >= 11 is 0. The predicted molar refractivity (Wildman–Crippen MR) is 83.8 cm³/mol. The lowest BCUT2D eigenvalue weighted by Gasteiger charge is -2.30. The van der Waals surface area contributed by atoms with E-state index in [9.17, 15) is 13.5 Å². The molecule has 1 aliphatic carbocycles. The molecule has 1 fully saturated rings. The first kappa shape index (κ1) is 16.3. The molecule has 5 nitrogen and oxygen atoms in total. The van der Waals surface area contributed by atoms with Crippen molar-refractivity contribution in [3.63, 3.8) is 0 Å². The Kier molecular flexibility index (Phi) is 5.24. The summed E-state index contributed by atoms with van der Waals surface area (Å²) in [5, 5.41) is 13.3. The molecule has 118 valence electrons. The number of hydrogen-bond donors (Lipinski definition) is 3. The third-order valence-electron chi connectivity index (χ3n) is 3.64. The van der Waals surface area contributed by atoms with Crippen LogP contribution in [0.25, 0.3) is 0 Å². The molecule has 0 amide bonds. The Hall–Kier alpha value is -1.11. The first-order valence-electron chi connectivity index (χ1n) is 7.46. The number of aliphatic hydroxyl groups excluding tert-OH is 1. The van der Waals surface area contributed by atoms with Gasteiger partial charge >= 0.3 is 0 Å². The average molecular weight is 312 g/mol. The number of rotatable bonds is 5. The summed E-state index contributed by atoms with van der Waals surface area (Å²) in [6.07, 6.45) is 3.26. The van der Waals surface area contributed by atoms with Crippen LogP contribution in [0, 0.1) is 0 Å². The molecule has 0 radical (unpaired) electrons. The van der Waals surface area contributed by atoms with Crippen molar-refractivity contribution in [3.8, 4) is 0 Å². The Labute approximate surface area is 126 Å². The van der Waals surface area contributed by atoms with Gasteiger partial charge in [0.05, 0.1) is 17.8 Å². The van der Waals surface area contributed by atoms with E-state index in [4.69, 9.17) is 0 Å². The Morgan fingerprint density at radius 3 is 2.52 bits per heavy atom. The molecule has 1 aliphatic rings. The molecule has 1 aromatic rings. The lowest BCUT2D eigenvalue weighted by atomic mass is 9.92. The highest BCUT2D eigenvalue weighted by Crippen LogP contribution is 2.26. The van der Waals surface area contributed by atoms with Gasteiger partial charge in [0.25, 0.3) is 0 Å². The van der Waals surface area contributed by atoms with Crippen molar-refractivity contribution in [2.75, 3.05) is 5.32 Å². The SMILES string of the molecule is CC(C)NS(=O)(=O)c1ccccc1NC1CCCCC1O. The Bertz CT molecular complexity index is 572. The van der Waals surface area contributed by atoms with Gasteiger partial charge in [-0.15, -0.1) is 0 Å². The number of aliphatic hydroxyl groups is 1. The zero-order chi connectivity index (χ0) is 15.5. The zero-order valence-corrected chi connectivity index (χ0v) is 13.4. The minimum atomic E-state index is -3.55. The van der Waals surface area contributed by atoms with Crippen molar-refractivity contribution in [2.45, 2.75) is 62.6 Å². The molecule has 0 bridgehead atoms. The van der Waals surface area contributed by atoms with E-state index in [0.29, 0.717) is 5.69 Å². The molecular weight excluding hydrogens is 288 g/mol. The molecule has 2 unspecified atom stereocenters. The minimum absolute atomic E-state index is 0.0888. The molecule has 1 aromatic carbocycles. The number of para-hydroxylation sites is 1. The van der Waals surface area contributed by atoms with E-state index >= 15 is 0 Å². The summed E-state index contributed by atoms with van der Waals surface area (Å²) in [5.41, 5.74) is 0.552. The molecule has 1 saturated carbocycles. The minimum Gasteiger partial charge on any atom is -0.391 e. The van der Waals surface area contributed by atoms with Crippen molar-refractivity contribution in [1.82, 2.24) is 4.72 Å². The number of benzene rings is 1. The van der Waals surface area contributed by atoms with Crippen LogP contribution in [0.3, 0.4) is 0 Å². The molecule has 2 rings (SSSR count). The second-order valence-electron chi connectivity index (χ2n) is 5.87. The van der Waals surface area contributed by atoms with Gasteiger partial charge in [-0.2, -0.15) is 0 Å². The summed E-state index contributed by atoms with van der Waals surface area (Å²) in [7, 11) is -3.55. The van der Waals surface area contributed by atoms with Crippen molar-refractivity contribution in [1.29, 1.82) is 0 Å². The molecule has 0 aliphatic heterocycles. The van der Waals surface area contributed by atoms with Gasteiger partial charge < -0.3 is 10.4 Å². The van der Waals surface area contributed by atoms with Crippen LogP contribution in [0.4, 0.5) is 5.69 Å². The third-order valence-corrected chi connectivity index (χ3v) is 5.35. The van der Waals surface area contributed by atoms with Gasteiger partial charge in [0.15, 0.2) is 0 Å². The summed E-state index contributed by atoms with van der Waals surface area (Å²) in [6, 6.07) is 6.58. The van der Waals surface area contributed by atoms with Gasteiger partial charge in [0.2, 0.25) is 10.0 Å². The van der Waals surface area contributed by atoms with Crippen LogP contribution in [-0.2, 0) is 10.0 Å². The van der Waals surface area contributed by atoms with Crippen LogP contribution in [0.5, 0.6) is 0 Å². The maximum absolute atomic E-state index is 12.4. The Balaban J connectivity index is 2.24.